The lowest BCUT2D eigenvalue weighted by Gasteiger charge is -2.34. The first-order valence-electron chi connectivity index (χ1n) is 8.56. The Morgan fingerprint density at radius 2 is 2.25 bits per heavy atom. The molecule has 128 valence electrons. The Bertz CT molecular complexity index is 702. The molecule has 2 N–H and O–H groups in total. The topological polar surface area (TPSA) is 97.7 Å². The predicted octanol–water partition coefficient (Wildman–Crippen LogP) is 0.816. The molecule has 0 spiro atoms. The Hall–Kier alpha value is -2.22. The minimum Gasteiger partial charge on any atom is -0.381 e. The molecule has 2 aromatic rings. The fraction of sp³-hybridized carbons (Fsp3) is 0.625. The summed E-state index contributed by atoms with van der Waals surface area (Å²) in [5.41, 5.74) is 1.64. The Balaban J connectivity index is 1.50. The third-order valence-corrected chi connectivity index (χ3v) is 5.24. The van der Waals surface area contributed by atoms with E-state index in [1.807, 2.05) is 12.3 Å². The van der Waals surface area contributed by atoms with Crippen molar-refractivity contribution in [2.24, 2.45) is 0 Å². The maximum absolute atomic E-state index is 12.7. The van der Waals surface area contributed by atoms with Crippen LogP contribution in [0.25, 0.3) is 0 Å². The number of hydrogen-bond acceptors (Lipinski definition) is 5. The molecule has 1 amide bonds. The van der Waals surface area contributed by atoms with E-state index in [1.54, 1.807) is 0 Å². The number of tetrazole rings is 1. The first kappa shape index (κ1) is 15.3. The highest BCUT2D eigenvalue weighted by Crippen LogP contribution is 2.31. The summed E-state index contributed by atoms with van der Waals surface area (Å²) in [6.07, 6.45) is 6.88. The Kier molecular flexibility index (Phi) is 4.05. The van der Waals surface area contributed by atoms with E-state index in [2.05, 4.69) is 30.5 Å². The van der Waals surface area contributed by atoms with E-state index in [1.165, 1.54) is 6.42 Å². The maximum atomic E-state index is 12.7. The average Bonchev–Trinajstić information content (AvgIpc) is 3.30. The number of nitrogens with zero attached hydrogens (tertiary/aromatic N) is 4. The van der Waals surface area contributed by atoms with Crippen LogP contribution in [0, 0.1) is 0 Å². The van der Waals surface area contributed by atoms with Gasteiger partial charge in [-0.3, -0.25) is 4.79 Å². The number of fused-ring (bicyclic) bond motifs is 1. The summed E-state index contributed by atoms with van der Waals surface area (Å²) in [6, 6.07) is 1.93. The summed E-state index contributed by atoms with van der Waals surface area (Å²) in [4.78, 5) is 12.7. The summed E-state index contributed by atoms with van der Waals surface area (Å²) < 4.78 is 7.67. The third kappa shape index (κ3) is 2.71. The largest absolute Gasteiger partial charge is 0.381 e. The third-order valence-electron chi connectivity index (χ3n) is 5.24. The highest BCUT2D eigenvalue weighted by atomic mass is 16.5. The molecule has 2 aliphatic rings. The lowest BCUT2D eigenvalue weighted by atomic mass is 9.79. The zero-order valence-electron chi connectivity index (χ0n) is 13.6. The molecule has 0 unspecified atom stereocenters. The van der Waals surface area contributed by atoms with Crippen molar-refractivity contribution in [3.05, 3.63) is 29.3 Å². The van der Waals surface area contributed by atoms with Crippen LogP contribution in [-0.2, 0) is 23.1 Å². The molecule has 2 aromatic heterocycles. The van der Waals surface area contributed by atoms with Gasteiger partial charge in [0.2, 0.25) is 0 Å². The highest BCUT2D eigenvalue weighted by molar-refractivity contribution is 5.95. The minimum absolute atomic E-state index is 0.0139. The van der Waals surface area contributed by atoms with E-state index in [0.29, 0.717) is 25.6 Å². The van der Waals surface area contributed by atoms with E-state index >= 15 is 0 Å². The SMILES string of the molecule is O=C(NCC1(c2nn[nH]n2)CCOCC1)c1ccn2c1CCCC2. The van der Waals surface area contributed by atoms with Crippen molar-refractivity contribution < 1.29 is 9.53 Å². The molecule has 0 aliphatic carbocycles. The van der Waals surface area contributed by atoms with Crippen LogP contribution in [-0.4, -0.2) is 50.9 Å². The van der Waals surface area contributed by atoms with Crippen LogP contribution in [0.15, 0.2) is 12.3 Å². The van der Waals surface area contributed by atoms with E-state index in [0.717, 1.165) is 43.5 Å². The van der Waals surface area contributed by atoms with Crippen LogP contribution < -0.4 is 5.32 Å². The van der Waals surface area contributed by atoms with Crippen molar-refractivity contribution >= 4 is 5.91 Å². The van der Waals surface area contributed by atoms with Gasteiger partial charge in [-0.2, -0.15) is 5.21 Å². The first-order valence-corrected chi connectivity index (χ1v) is 8.56. The standard InChI is InChI=1S/C16H22N6O2/c23-14(12-4-8-22-7-2-1-3-13(12)22)17-11-16(5-9-24-10-6-16)15-18-20-21-19-15/h4,8H,1-3,5-7,9-11H2,(H,17,23)(H,18,19,20,21). The lowest BCUT2D eigenvalue weighted by Crippen LogP contribution is -2.45. The molecule has 0 saturated carbocycles. The van der Waals surface area contributed by atoms with E-state index in [9.17, 15) is 4.79 Å². The number of carbonyl (C=O) groups is 1. The van der Waals surface area contributed by atoms with Crippen LogP contribution in [0.5, 0.6) is 0 Å². The number of ether oxygens (including phenoxy) is 1. The molecule has 4 rings (SSSR count). The summed E-state index contributed by atoms with van der Waals surface area (Å²) in [7, 11) is 0. The summed E-state index contributed by atoms with van der Waals surface area (Å²) in [5, 5.41) is 17.6. The fourth-order valence-corrected chi connectivity index (χ4v) is 3.75. The van der Waals surface area contributed by atoms with Crippen LogP contribution in [0.4, 0.5) is 0 Å². The van der Waals surface area contributed by atoms with Crippen LogP contribution >= 0.6 is 0 Å². The smallest absolute Gasteiger partial charge is 0.253 e. The van der Waals surface area contributed by atoms with Gasteiger partial charge in [0, 0.05) is 38.2 Å². The molecule has 24 heavy (non-hydrogen) atoms. The summed E-state index contributed by atoms with van der Waals surface area (Å²) >= 11 is 0. The van der Waals surface area contributed by atoms with Crippen molar-refractivity contribution in [1.29, 1.82) is 0 Å². The lowest BCUT2D eigenvalue weighted by molar-refractivity contribution is 0.0457. The van der Waals surface area contributed by atoms with Gasteiger partial charge < -0.3 is 14.6 Å². The van der Waals surface area contributed by atoms with E-state index in [-0.39, 0.29) is 11.3 Å². The molecule has 1 saturated heterocycles. The van der Waals surface area contributed by atoms with Crippen molar-refractivity contribution in [2.45, 2.75) is 44.1 Å². The molecule has 8 heteroatoms. The highest BCUT2D eigenvalue weighted by Gasteiger charge is 2.39. The van der Waals surface area contributed by atoms with Gasteiger partial charge in [-0.15, -0.1) is 10.2 Å². The monoisotopic (exact) mass is 330 g/mol. The molecule has 0 aromatic carbocycles. The van der Waals surface area contributed by atoms with Gasteiger partial charge in [0.15, 0.2) is 5.82 Å². The van der Waals surface area contributed by atoms with Gasteiger partial charge in [-0.25, -0.2) is 0 Å². The van der Waals surface area contributed by atoms with Gasteiger partial charge in [0.1, 0.15) is 0 Å². The second kappa shape index (κ2) is 6.35. The quantitative estimate of drug-likeness (QED) is 0.865. The van der Waals surface area contributed by atoms with Crippen molar-refractivity contribution in [3.8, 4) is 0 Å². The molecule has 4 heterocycles. The van der Waals surface area contributed by atoms with Crippen LogP contribution in [0.2, 0.25) is 0 Å². The van der Waals surface area contributed by atoms with Crippen molar-refractivity contribution in [3.63, 3.8) is 0 Å². The first-order chi connectivity index (χ1) is 11.8. The van der Waals surface area contributed by atoms with Crippen molar-refractivity contribution in [1.82, 2.24) is 30.5 Å². The number of aromatic amines is 1. The molecule has 8 nitrogen and oxygen atoms in total. The minimum atomic E-state index is -0.305. The zero-order chi connectivity index (χ0) is 16.4. The number of aromatic nitrogens is 5. The van der Waals surface area contributed by atoms with Crippen molar-refractivity contribution in [2.75, 3.05) is 19.8 Å². The Morgan fingerprint density at radius 1 is 1.38 bits per heavy atom. The number of nitrogens with one attached hydrogen (secondary N) is 2. The van der Waals surface area contributed by atoms with Crippen LogP contribution in [0.3, 0.4) is 0 Å². The number of amides is 1. The number of H-pyrrole nitrogens is 1. The summed E-state index contributed by atoms with van der Waals surface area (Å²) in [5.74, 6) is 0.644. The van der Waals surface area contributed by atoms with Gasteiger partial charge >= 0.3 is 0 Å². The molecular formula is C16H22N6O2. The van der Waals surface area contributed by atoms with Gasteiger partial charge in [0.05, 0.1) is 11.0 Å². The number of carbonyl (C=O) groups excluding carboxylic acids is 1. The molecule has 0 bridgehead atoms. The fourth-order valence-electron chi connectivity index (χ4n) is 3.75. The normalized spacial score (nSPS) is 19.7. The molecular weight excluding hydrogens is 308 g/mol. The van der Waals surface area contributed by atoms with Gasteiger partial charge in [-0.05, 0) is 38.2 Å². The van der Waals surface area contributed by atoms with E-state index in [4.69, 9.17) is 4.74 Å². The Labute approximate surface area is 140 Å². The number of rotatable bonds is 4. The van der Waals surface area contributed by atoms with Gasteiger partial charge in [0.25, 0.3) is 5.91 Å². The predicted molar refractivity (Wildman–Crippen MR) is 85.6 cm³/mol. The number of hydrogen-bond donors (Lipinski definition) is 2. The Morgan fingerprint density at radius 3 is 3.04 bits per heavy atom. The number of aryl methyl sites for hydroxylation is 1. The molecule has 1 fully saturated rings. The van der Waals surface area contributed by atoms with E-state index < -0.39 is 0 Å². The maximum Gasteiger partial charge on any atom is 0.253 e. The second-order valence-electron chi connectivity index (χ2n) is 6.64. The molecule has 0 atom stereocenters. The van der Waals surface area contributed by atoms with Crippen LogP contribution in [0.1, 0.15) is 47.6 Å². The zero-order valence-corrected chi connectivity index (χ0v) is 13.6. The van der Waals surface area contributed by atoms with Gasteiger partial charge in [-0.1, -0.05) is 5.21 Å². The second-order valence-corrected chi connectivity index (χ2v) is 6.64. The summed E-state index contributed by atoms with van der Waals surface area (Å²) in [6.45, 7) is 2.80. The molecule has 2 aliphatic heterocycles. The average molecular weight is 330 g/mol. The molecule has 0 radical (unpaired) electrons.